The zero-order valence-corrected chi connectivity index (χ0v) is 20.8. The van der Waals surface area contributed by atoms with Crippen molar-refractivity contribution in [2.45, 2.75) is 25.7 Å². The molecule has 0 fully saturated rings. The Balaban J connectivity index is 1.84. The molecule has 1 aliphatic carbocycles. The molecule has 0 bridgehead atoms. The summed E-state index contributed by atoms with van der Waals surface area (Å²) in [5, 5.41) is 17.6. The van der Waals surface area contributed by atoms with Crippen LogP contribution in [-0.4, -0.2) is 48.5 Å². The van der Waals surface area contributed by atoms with Gasteiger partial charge in [-0.3, -0.25) is 9.59 Å². The molecule has 0 unspecified atom stereocenters. The third kappa shape index (κ3) is 8.06. The predicted molar refractivity (Wildman–Crippen MR) is 142 cm³/mol. The standard InChI is InChI=1S/C29H34N2O6/c30-19-29(20-31)15-13-23(14-16-29)28(21-5-9-24(10-6-21)36-17-1-3-26(32)33)22-7-11-25(12-8-22)37-18-2-4-27(34)35/h5-16H,1-4,17-20,30-31H2,(H,32,33)(H,34,35). The van der Waals surface area contributed by atoms with Gasteiger partial charge in [0.1, 0.15) is 11.5 Å². The van der Waals surface area contributed by atoms with E-state index >= 15 is 0 Å². The highest BCUT2D eigenvalue weighted by Gasteiger charge is 2.23. The van der Waals surface area contributed by atoms with Gasteiger partial charge >= 0.3 is 11.9 Å². The highest BCUT2D eigenvalue weighted by Crippen LogP contribution is 2.34. The molecule has 8 nitrogen and oxygen atoms in total. The van der Waals surface area contributed by atoms with Gasteiger partial charge in [0.05, 0.1) is 13.2 Å². The van der Waals surface area contributed by atoms with Crippen LogP contribution in [0.2, 0.25) is 0 Å². The average Bonchev–Trinajstić information content (AvgIpc) is 2.91. The van der Waals surface area contributed by atoms with E-state index in [0.29, 0.717) is 50.6 Å². The number of rotatable bonds is 14. The summed E-state index contributed by atoms with van der Waals surface area (Å²) in [7, 11) is 0. The molecule has 0 aliphatic heterocycles. The lowest BCUT2D eigenvalue weighted by molar-refractivity contribution is -0.138. The van der Waals surface area contributed by atoms with Crippen molar-refractivity contribution in [3.05, 3.63) is 89.5 Å². The highest BCUT2D eigenvalue weighted by molar-refractivity contribution is 5.86. The van der Waals surface area contributed by atoms with Crippen LogP contribution in [0.1, 0.15) is 36.8 Å². The molecule has 0 heterocycles. The number of hydrogen-bond donors (Lipinski definition) is 4. The smallest absolute Gasteiger partial charge is 0.303 e. The molecule has 8 heteroatoms. The Morgan fingerprint density at radius 2 is 1.11 bits per heavy atom. The van der Waals surface area contributed by atoms with Crippen molar-refractivity contribution in [2.24, 2.45) is 16.9 Å². The summed E-state index contributed by atoms with van der Waals surface area (Å²) in [6.45, 7) is 1.50. The Bertz CT molecular complexity index is 1060. The van der Waals surface area contributed by atoms with Gasteiger partial charge in [-0.2, -0.15) is 0 Å². The van der Waals surface area contributed by atoms with E-state index in [1.54, 1.807) is 0 Å². The number of aliphatic carboxylic acids is 2. The molecule has 2 aromatic rings. The Hall–Kier alpha value is -3.88. The van der Waals surface area contributed by atoms with E-state index in [9.17, 15) is 9.59 Å². The van der Waals surface area contributed by atoms with Gasteiger partial charge in [0, 0.05) is 31.3 Å². The molecule has 37 heavy (non-hydrogen) atoms. The van der Waals surface area contributed by atoms with Crippen molar-refractivity contribution in [1.82, 2.24) is 0 Å². The first-order chi connectivity index (χ1) is 17.9. The van der Waals surface area contributed by atoms with Gasteiger partial charge in [0.2, 0.25) is 0 Å². The molecule has 2 aromatic carbocycles. The second kappa shape index (κ2) is 13.4. The first-order valence-corrected chi connectivity index (χ1v) is 12.3. The lowest BCUT2D eigenvalue weighted by atomic mass is 9.81. The molecule has 0 spiro atoms. The molecule has 196 valence electrons. The minimum Gasteiger partial charge on any atom is -0.494 e. The number of carboxylic acid groups (broad SMARTS) is 2. The molecule has 0 aromatic heterocycles. The summed E-state index contributed by atoms with van der Waals surface area (Å²) < 4.78 is 11.4. The fraction of sp³-hybridized carbons (Fsp3) is 0.310. The number of allylic oxidation sites excluding steroid dienone is 3. The molecule has 0 saturated heterocycles. The van der Waals surface area contributed by atoms with Crippen LogP contribution in [0.15, 0.2) is 78.4 Å². The van der Waals surface area contributed by atoms with E-state index in [1.807, 2.05) is 72.8 Å². The third-order valence-electron chi connectivity index (χ3n) is 6.13. The van der Waals surface area contributed by atoms with Crippen LogP contribution < -0.4 is 20.9 Å². The van der Waals surface area contributed by atoms with Crippen LogP contribution in [0, 0.1) is 5.41 Å². The summed E-state index contributed by atoms with van der Waals surface area (Å²) >= 11 is 0. The lowest BCUT2D eigenvalue weighted by Crippen LogP contribution is -2.35. The van der Waals surface area contributed by atoms with Crippen LogP contribution in [0.5, 0.6) is 11.5 Å². The van der Waals surface area contributed by atoms with E-state index < -0.39 is 11.9 Å². The second-order valence-electron chi connectivity index (χ2n) is 8.88. The maximum atomic E-state index is 10.7. The minimum absolute atomic E-state index is 0.0688. The Morgan fingerprint density at radius 1 is 0.703 bits per heavy atom. The Morgan fingerprint density at radius 3 is 1.46 bits per heavy atom. The van der Waals surface area contributed by atoms with Crippen LogP contribution in [0.3, 0.4) is 0 Å². The SMILES string of the molecule is NCC1(CN)C=CC(=C(c2ccc(OCCCC(=O)O)cc2)c2ccc(OCCCC(=O)O)cc2)C=C1. The van der Waals surface area contributed by atoms with E-state index in [4.69, 9.17) is 31.2 Å². The minimum atomic E-state index is -0.839. The fourth-order valence-electron chi connectivity index (χ4n) is 3.91. The van der Waals surface area contributed by atoms with Crippen molar-refractivity contribution >= 4 is 17.5 Å². The van der Waals surface area contributed by atoms with Crippen molar-refractivity contribution < 1.29 is 29.3 Å². The summed E-state index contributed by atoms with van der Waals surface area (Å²) in [5.41, 5.74) is 15.5. The van der Waals surface area contributed by atoms with E-state index in [2.05, 4.69) is 0 Å². The number of ether oxygens (including phenoxy) is 2. The van der Waals surface area contributed by atoms with Crippen LogP contribution in [0.4, 0.5) is 0 Å². The van der Waals surface area contributed by atoms with Crippen molar-refractivity contribution in [3.8, 4) is 11.5 Å². The van der Waals surface area contributed by atoms with Crippen LogP contribution >= 0.6 is 0 Å². The molecule has 0 radical (unpaired) electrons. The van der Waals surface area contributed by atoms with E-state index in [0.717, 1.165) is 22.3 Å². The second-order valence-corrected chi connectivity index (χ2v) is 8.88. The van der Waals surface area contributed by atoms with Crippen LogP contribution in [-0.2, 0) is 9.59 Å². The van der Waals surface area contributed by atoms with Gasteiger partial charge in [-0.25, -0.2) is 0 Å². The number of nitrogens with two attached hydrogens (primary N) is 2. The molecule has 1 aliphatic rings. The van der Waals surface area contributed by atoms with Gasteiger partial charge in [-0.15, -0.1) is 0 Å². The Kier molecular flexibility index (Phi) is 10.1. The summed E-state index contributed by atoms with van der Waals surface area (Å²) in [4.78, 5) is 21.4. The quantitative estimate of drug-likeness (QED) is 0.281. The van der Waals surface area contributed by atoms with Gasteiger partial charge in [-0.1, -0.05) is 48.6 Å². The monoisotopic (exact) mass is 506 g/mol. The molecular weight excluding hydrogens is 472 g/mol. The van der Waals surface area contributed by atoms with Crippen molar-refractivity contribution in [2.75, 3.05) is 26.3 Å². The number of benzene rings is 2. The largest absolute Gasteiger partial charge is 0.494 e. The normalized spacial score (nSPS) is 13.8. The molecule has 0 saturated carbocycles. The summed E-state index contributed by atoms with van der Waals surface area (Å²) in [6.07, 6.45) is 9.19. The topological polar surface area (TPSA) is 145 Å². The number of carboxylic acids is 2. The third-order valence-corrected chi connectivity index (χ3v) is 6.13. The molecular formula is C29H34N2O6. The van der Waals surface area contributed by atoms with Gasteiger partial charge in [0.25, 0.3) is 0 Å². The molecule has 0 atom stereocenters. The Labute approximate surface area is 216 Å². The molecule has 0 amide bonds. The fourth-order valence-corrected chi connectivity index (χ4v) is 3.91. The van der Waals surface area contributed by atoms with E-state index in [1.165, 1.54) is 0 Å². The van der Waals surface area contributed by atoms with Crippen LogP contribution in [0.25, 0.3) is 5.57 Å². The average molecular weight is 507 g/mol. The highest BCUT2D eigenvalue weighted by atomic mass is 16.5. The van der Waals surface area contributed by atoms with Crippen molar-refractivity contribution in [1.29, 1.82) is 0 Å². The molecule has 3 rings (SSSR count). The van der Waals surface area contributed by atoms with E-state index in [-0.39, 0.29) is 18.3 Å². The first-order valence-electron chi connectivity index (χ1n) is 12.3. The van der Waals surface area contributed by atoms with Crippen molar-refractivity contribution in [3.63, 3.8) is 0 Å². The van der Waals surface area contributed by atoms with Gasteiger partial charge in [-0.05, 0) is 59.4 Å². The number of carbonyl (C=O) groups is 2. The molecule has 6 N–H and O–H groups in total. The maximum Gasteiger partial charge on any atom is 0.303 e. The van der Waals surface area contributed by atoms with Gasteiger partial charge < -0.3 is 31.2 Å². The first kappa shape index (κ1) is 27.7. The zero-order valence-electron chi connectivity index (χ0n) is 20.8. The summed E-state index contributed by atoms with van der Waals surface area (Å²) in [5.74, 6) is -0.338. The van der Waals surface area contributed by atoms with Gasteiger partial charge in [0.15, 0.2) is 0 Å². The zero-order chi connectivity index (χ0) is 26.7. The maximum absolute atomic E-state index is 10.7. The predicted octanol–water partition coefficient (Wildman–Crippen LogP) is 4.01. The summed E-state index contributed by atoms with van der Waals surface area (Å²) in [6, 6.07) is 15.4. The lowest BCUT2D eigenvalue weighted by Gasteiger charge is -2.27. The number of hydrogen-bond acceptors (Lipinski definition) is 6.